The fraction of sp³-hybridized carbons (Fsp3) is 0.435. The van der Waals surface area contributed by atoms with E-state index in [9.17, 15) is 18.0 Å². The van der Waals surface area contributed by atoms with Gasteiger partial charge in [0.15, 0.2) is 0 Å². The molecule has 33 heavy (non-hydrogen) atoms. The van der Waals surface area contributed by atoms with E-state index in [0.29, 0.717) is 29.0 Å². The number of piperidine rings is 1. The molecule has 1 N–H and O–H groups in total. The molecule has 10 heteroatoms. The van der Waals surface area contributed by atoms with Crippen LogP contribution >= 0.6 is 11.3 Å². The largest absolute Gasteiger partial charge is 0.326 e. The first-order chi connectivity index (χ1) is 15.7. The lowest BCUT2D eigenvalue weighted by Gasteiger charge is -2.26. The summed E-state index contributed by atoms with van der Waals surface area (Å²) in [6, 6.07) is 4.81. The second-order valence-electron chi connectivity index (χ2n) is 8.45. The third-order valence-electron chi connectivity index (χ3n) is 6.17. The van der Waals surface area contributed by atoms with Crippen molar-refractivity contribution in [3.05, 3.63) is 50.9 Å². The summed E-state index contributed by atoms with van der Waals surface area (Å²) >= 11 is 1.49. The molecule has 0 radical (unpaired) electrons. The maximum atomic E-state index is 13.0. The number of anilines is 1. The number of hydrogen-bond acceptors (Lipinski definition) is 6. The van der Waals surface area contributed by atoms with Crippen LogP contribution in [0, 0.1) is 20.8 Å². The summed E-state index contributed by atoms with van der Waals surface area (Å²) in [5, 5.41) is 3.42. The molecule has 176 valence electrons. The second-order valence-corrected chi connectivity index (χ2v) is 11.6. The maximum Gasteiger partial charge on any atom is 0.262 e. The highest BCUT2D eigenvalue weighted by atomic mass is 32.2. The molecular weight excluding hydrogens is 460 g/mol. The Kier molecular flexibility index (Phi) is 6.69. The quantitative estimate of drug-likeness (QED) is 0.571. The van der Waals surface area contributed by atoms with Crippen molar-refractivity contribution in [2.24, 2.45) is 0 Å². The Labute approximate surface area is 197 Å². The Bertz CT molecular complexity index is 1370. The molecule has 4 rings (SSSR count). The van der Waals surface area contributed by atoms with Crippen molar-refractivity contribution in [3.8, 4) is 0 Å². The number of carbonyl (C=O) groups is 1. The monoisotopic (exact) mass is 488 g/mol. The van der Waals surface area contributed by atoms with E-state index in [4.69, 9.17) is 0 Å². The van der Waals surface area contributed by atoms with Gasteiger partial charge in [-0.25, -0.2) is 13.4 Å². The van der Waals surface area contributed by atoms with Crippen molar-refractivity contribution >= 4 is 43.2 Å². The minimum absolute atomic E-state index is 0.0673. The molecule has 1 saturated heterocycles. The predicted octanol–water partition coefficient (Wildman–Crippen LogP) is 3.59. The van der Waals surface area contributed by atoms with Gasteiger partial charge in [0.05, 0.1) is 16.6 Å². The van der Waals surface area contributed by atoms with E-state index in [-0.39, 0.29) is 29.3 Å². The number of benzene rings is 1. The highest BCUT2D eigenvalue weighted by Gasteiger charge is 2.26. The van der Waals surface area contributed by atoms with Gasteiger partial charge in [0.1, 0.15) is 4.83 Å². The van der Waals surface area contributed by atoms with Crippen LogP contribution in [0.3, 0.4) is 0 Å². The van der Waals surface area contributed by atoms with Crippen molar-refractivity contribution in [2.75, 3.05) is 18.4 Å². The van der Waals surface area contributed by atoms with E-state index < -0.39 is 10.0 Å². The van der Waals surface area contributed by atoms with E-state index in [1.54, 1.807) is 12.1 Å². The smallest absolute Gasteiger partial charge is 0.262 e. The Morgan fingerprint density at radius 3 is 2.61 bits per heavy atom. The van der Waals surface area contributed by atoms with Gasteiger partial charge in [-0.2, -0.15) is 4.31 Å². The number of carbonyl (C=O) groups excluding carboxylic acids is 1. The van der Waals surface area contributed by atoms with Crippen LogP contribution in [0.15, 0.2) is 34.2 Å². The molecule has 0 saturated carbocycles. The molecule has 8 nitrogen and oxygen atoms in total. The van der Waals surface area contributed by atoms with Crippen molar-refractivity contribution in [3.63, 3.8) is 0 Å². The Morgan fingerprint density at radius 1 is 1.15 bits per heavy atom. The fourth-order valence-corrected chi connectivity index (χ4v) is 6.55. The van der Waals surface area contributed by atoms with E-state index in [1.807, 2.05) is 20.8 Å². The van der Waals surface area contributed by atoms with Crippen molar-refractivity contribution in [1.29, 1.82) is 0 Å². The lowest BCUT2D eigenvalue weighted by Crippen LogP contribution is -2.35. The maximum absolute atomic E-state index is 13.0. The molecule has 0 aliphatic carbocycles. The molecule has 3 aromatic rings. The normalized spacial score (nSPS) is 15.1. The molecular formula is C23H28N4O4S2. The first-order valence-corrected chi connectivity index (χ1v) is 13.3. The molecule has 0 atom stereocenters. The molecule has 1 aromatic carbocycles. The van der Waals surface area contributed by atoms with Crippen LogP contribution in [-0.4, -0.2) is 41.3 Å². The number of thiophene rings is 1. The number of nitrogens with zero attached hydrogens (tertiary/aromatic N) is 3. The summed E-state index contributed by atoms with van der Waals surface area (Å²) in [4.78, 5) is 31.8. The molecule has 0 unspecified atom stereocenters. The zero-order valence-corrected chi connectivity index (χ0v) is 20.7. The van der Waals surface area contributed by atoms with Crippen LogP contribution in [0.5, 0.6) is 0 Å². The first-order valence-electron chi connectivity index (χ1n) is 11.0. The number of rotatable bonds is 6. The number of nitrogens with one attached hydrogen (secondary N) is 1. The topological polar surface area (TPSA) is 101 Å². The number of hydrogen-bond donors (Lipinski definition) is 1. The average Bonchev–Trinajstić information content (AvgIpc) is 3.09. The minimum Gasteiger partial charge on any atom is -0.326 e. The van der Waals surface area contributed by atoms with Crippen LogP contribution in [0.2, 0.25) is 0 Å². The number of fused-ring (bicyclic) bond motifs is 1. The standard InChI is InChI=1S/C23H28N4O4S2/c1-15-7-8-18(33(30,31)27-10-5-4-6-11-27)13-19(15)25-20(28)9-12-26-14-24-22-21(23(26)29)16(2)17(3)32-22/h7-8,13-14H,4-6,9-12H2,1-3H3,(H,25,28). The Hall–Kier alpha value is -2.56. The zero-order chi connectivity index (χ0) is 23.8. The lowest BCUT2D eigenvalue weighted by atomic mass is 10.2. The van der Waals surface area contributed by atoms with Gasteiger partial charge in [-0.05, 0) is 56.9 Å². The van der Waals surface area contributed by atoms with Gasteiger partial charge in [-0.3, -0.25) is 14.2 Å². The van der Waals surface area contributed by atoms with E-state index in [2.05, 4.69) is 10.3 Å². The highest BCUT2D eigenvalue weighted by molar-refractivity contribution is 7.89. The molecule has 1 aliphatic rings. The summed E-state index contributed by atoms with van der Waals surface area (Å²) < 4.78 is 28.9. The third kappa shape index (κ3) is 4.73. The summed E-state index contributed by atoms with van der Waals surface area (Å²) in [5.74, 6) is -0.296. The van der Waals surface area contributed by atoms with Gasteiger partial charge in [-0.1, -0.05) is 12.5 Å². The fourth-order valence-electron chi connectivity index (χ4n) is 4.01. The van der Waals surface area contributed by atoms with Gasteiger partial charge >= 0.3 is 0 Å². The van der Waals surface area contributed by atoms with Crippen molar-refractivity contribution < 1.29 is 13.2 Å². The average molecular weight is 489 g/mol. The number of amides is 1. The summed E-state index contributed by atoms with van der Waals surface area (Å²) in [6.07, 6.45) is 4.30. The van der Waals surface area contributed by atoms with Gasteiger partial charge in [0.25, 0.3) is 5.56 Å². The molecule has 1 fully saturated rings. The van der Waals surface area contributed by atoms with Gasteiger partial charge in [0, 0.05) is 36.6 Å². The first kappa shape index (κ1) is 23.6. The molecule has 1 aliphatic heterocycles. The van der Waals surface area contributed by atoms with E-state index in [0.717, 1.165) is 35.3 Å². The van der Waals surface area contributed by atoms with E-state index >= 15 is 0 Å². The number of sulfonamides is 1. The van der Waals surface area contributed by atoms with E-state index in [1.165, 1.54) is 32.6 Å². The van der Waals surface area contributed by atoms with Crippen LogP contribution in [0.4, 0.5) is 5.69 Å². The van der Waals surface area contributed by atoms with Crippen LogP contribution in [0.1, 0.15) is 41.7 Å². The summed E-state index contributed by atoms with van der Waals surface area (Å²) in [7, 11) is -3.59. The molecule has 1 amide bonds. The third-order valence-corrected chi connectivity index (χ3v) is 9.18. The SMILES string of the molecule is Cc1ccc(S(=O)(=O)N2CCCCC2)cc1NC(=O)CCn1cnc2sc(C)c(C)c2c1=O. The highest BCUT2D eigenvalue weighted by Crippen LogP contribution is 2.26. The van der Waals surface area contributed by atoms with Gasteiger partial charge in [-0.15, -0.1) is 11.3 Å². The zero-order valence-electron chi connectivity index (χ0n) is 19.1. The van der Waals surface area contributed by atoms with Crippen molar-refractivity contribution in [1.82, 2.24) is 13.9 Å². The van der Waals surface area contributed by atoms with Gasteiger partial charge < -0.3 is 5.32 Å². The summed E-state index contributed by atoms with van der Waals surface area (Å²) in [5.41, 5.74) is 2.00. The number of aromatic nitrogens is 2. The lowest BCUT2D eigenvalue weighted by molar-refractivity contribution is -0.116. The molecule has 2 aromatic heterocycles. The molecule has 0 spiro atoms. The van der Waals surface area contributed by atoms with Crippen LogP contribution in [-0.2, 0) is 21.4 Å². The number of aryl methyl sites for hydroxylation is 4. The molecule has 3 heterocycles. The second kappa shape index (κ2) is 9.36. The van der Waals surface area contributed by atoms with Crippen molar-refractivity contribution in [2.45, 2.75) is 57.9 Å². The summed E-state index contributed by atoms with van der Waals surface area (Å²) in [6.45, 7) is 6.91. The van der Waals surface area contributed by atoms with Crippen LogP contribution < -0.4 is 10.9 Å². The minimum atomic E-state index is -3.59. The van der Waals surface area contributed by atoms with Crippen LogP contribution in [0.25, 0.3) is 10.2 Å². The Balaban J connectivity index is 1.48. The predicted molar refractivity (Wildman–Crippen MR) is 130 cm³/mol. The van der Waals surface area contributed by atoms with Gasteiger partial charge in [0.2, 0.25) is 15.9 Å². The Morgan fingerprint density at radius 2 is 1.88 bits per heavy atom. The molecule has 0 bridgehead atoms.